The Labute approximate surface area is 192 Å². The molecule has 0 spiro atoms. The first-order valence-electron chi connectivity index (χ1n) is 11.5. The number of nitrogens with zero attached hydrogens (tertiary/aromatic N) is 1. The van der Waals surface area contributed by atoms with Gasteiger partial charge in [0.2, 0.25) is 0 Å². The molecule has 2 aliphatic rings. The molecular weight excluding hydrogens is 424 g/mol. The molecule has 2 atom stereocenters. The van der Waals surface area contributed by atoms with Gasteiger partial charge in [0.15, 0.2) is 6.17 Å². The van der Waals surface area contributed by atoms with Gasteiger partial charge in [0.1, 0.15) is 5.82 Å². The summed E-state index contributed by atoms with van der Waals surface area (Å²) < 4.78 is 29.9. The molecule has 5 heteroatoms. The van der Waals surface area contributed by atoms with Crippen molar-refractivity contribution in [2.24, 2.45) is 5.41 Å². The maximum absolute atomic E-state index is 16.4. The van der Waals surface area contributed by atoms with Gasteiger partial charge >= 0.3 is 0 Å². The highest BCUT2D eigenvalue weighted by Crippen LogP contribution is 2.50. The second-order valence-corrected chi connectivity index (χ2v) is 10.9. The Kier molecular flexibility index (Phi) is 5.67. The largest absolute Gasteiger partial charge is 0.388 e. The van der Waals surface area contributed by atoms with E-state index in [2.05, 4.69) is 13.8 Å². The zero-order chi connectivity index (χ0) is 22.5. The number of aliphatic hydroxyl groups excluding tert-OH is 1. The van der Waals surface area contributed by atoms with E-state index in [1.807, 2.05) is 16.8 Å². The van der Waals surface area contributed by atoms with Crippen molar-refractivity contribution in [2.45, 2.75) is 70.6 Å². The summed E-state index contributed by atoms with van der Waals surface area (Å²) in [6.07, 6.45) is 3.53. The first-order valence-corrected chi connectivity index (χ1v) is 12.4. The molecule has 0 bridgehead atoms. The van der Waals surface area contributed by atoms with Crippen molar-refractivity contribution in [3.8, 4) is 11.1 Å². The van der Waals surface area contributed by atoms with E-state index < -0.39 is 12.3 Å². The first kappa shape index (κ1) is 21.7. The van der Waals surface area contributed by atoms with Crippen molar-refractivity contribution >= 4 is 11.3 Å². The lowest BCUT2D eigenvalue weighted by Gasteiger charge is -2.37. The van der Waals surface area contributed by atoms with Gasteiger partial charge in [0.05, 0.1) is 11.8 Å². The van der Waals surface area contributed by atoms with Crippen molar-refractivity contribution in [1.82, 2.24) is 4.98 Å². The maximum atomic E-state index is 16.4. The van der Waals surface area contributed by atoms with E-state index in [1.54, 1.807) is 11.3 Å². The van der Waals surface area contributed by atoms with Gasteiger partial charge in [-0.05, 0) is 76.7 Å². The smallest absolute Gasteiger partial charge is 0.153 e. The number of aromatic nitrogens is 1. The molecular formula is C27H29F2NOS. The normalized spacial score (nSPS) is 21.5. The highest BCUT2D eigenvalue weighted by molar-refractivity contribution is 7.08. The minimum atomic E-state index is -1.43. The molecule has 2 unspecified atom stereocenters. The SMILES string of the molecule is CC1(C)Cc2nc(C3CCCC3)c(C(F)c3ccc(F)cc3)c(-c3ccsc3)c2C(O)C1. The van der Waals surface area contributed by atoms with Crippen molar-refractivity contribution in [2.75, 3.05) is 0 Å². The molecule has 2 aromatic heterocycles. The molecule has 32 heavy (non-hydrogen) atoms. The topological polar surface area (TPSA) is 33.1 Å². The summed E-state index contributed by atoms with van der Waals surface area (Å²) in [5, 5.41) is 15.3. The van der Waals surface area contributed by atoms with E-state index in [9.17, 15) is 9.50 Å². The summed E-state index contributed by atoms with van der Waals surface area (Å²) in [6, 6.07) is 7.67. The number of aliphatic hydroxyl groups is 1. The monoisotopic (exact) mass is 453 g/mol. The van der Waals surface area contributed by atoms with Gasteiger partial charge in [-0.15, -0.1) is 0 Å². The van der Waals surface area contributed by atoms with E-state index in [4.69, 9.17) is 4.98 Å². The van der Waals surface area contributed by atoms with Crippen LogP contribution in [0.3, 0.4) is 0 Å². The minimum Gasteiger partial charge on any atom is -0.388 e. The average Bonchev–Trinajstić information content (AvgIpc) is 3.46. The van der Waals surface area contributed by atoms with Crippen LogP contribution in [-0.2, 0) is 6.42 Å². The summed E-state index contributed by atoms with van der Waals surface area (Å²) >= 11 is 1.57. The van der Waals surface area contributed by atoms with Crippen LogP contribution in [-0.4, -0.2) is 10.1 Å². The van der Waals surface area contributed by atoms with Crippen molar-refractivity contribution < 1.29 is 13.9 Å². The summed E-state index contributed by atoms with van der Waals surface area (Å²) in [6.45, 7) is 4.31. The second-order valence-electron chi connectivity index (χ2n) is 10.1. The zero-order valence-electron chi connectivity index (χ0n) is 18.6. The quantitative estimate of drug-likeness (QED) is 0.440. The summed E-state index contributed by atoms with van der Waals surface area (Å²) in [7, 11) is 0. The molecule has 2 aliphatic carbocycles. The predicted octanol–water partition coefficient (Wildman–Crippen LogP) is 7.67. The minimum absolute atomic E-state index is 0.0636. The van der Waals surface area contributed by atoms with Gasteiger partial charge in [-0.3, -0.25) is 4.98 Å². The van der Waals surface area contributed by atoms with Crippen LogP contribution in [0.25, 0.3) is 11.1 Å². The van der Waals surface area contributed by atoms with Crippen LogP contribution in [0.15, 0.2) is 41.1 Å². The lowest BCUT2D eigenvalue weighted by molar-refractivity contribution is 0.0983. The van der Waals surface area contributed by atoms with Crippen LogP contribution in [0.2, 0.25) is 0 Å². The van der Waals surface area contributed by atoms with E-state index in [-0.39, 0.29) is 17.2 Å². The molecule has 2 heterocycles. The third-order valence-electron chi connectivity index (χ3n) is 7.07. The van der Waals surface area contributed by atoms with Crippen LogP contribution in [0, 0.1) is 11.2 Å². The third kappa shape index (κ3) is 3.90. The van der Waals surface area contributed by atoms with Crippen molar-refractivity contribution in [3.05, 3.63) is 75.0 Å². The number of hydrogen-bond donors (Lipinski definition) is 1. The lowest BCUT2D eigenvalue weighted by atomic mass is 9.71. The van der Waals surface area contributed by atoms with Crippen molar-refractivity contribution in [3.63, 3.8) is 0 Å². The van der Waals surface area contributed by atoms with Gasteiger partial charge in [-0.1, -0.05) is 38.8 Å². The molecule has 1 fully saturated rings. The number of rotatable bonds is 4. The Hall–Kier alpha value is -2.11. The molecule has 1 saturated carbocycles. The number of benzene rings is 1. The summed E-state index contributed by atoms with van der Waals surface area (Å²) in [5.41, 5.74) is 5.20. The van der Waals surface area contributed by atoms with Crippen LogP contribution in [0.5, 0.6) is 0 Å². The zero-order valence-corrected chi connectivity index (χ0v) is 19.4. The molecule has 5 rings (SSSR count). The van der Waals surface area contributed by atoms with Gasteiger partial charge in [-0.25, -0.2) is 8.78 Å². The Morgan fingerprint density at radius 2 is 1.84 bits per heavy atom. The Morgan fingerprint density at radius 1 is 1.12 bits per heavy atom. The molecule has 1 N–H and O–H groups in total. The molecule has 2 nitrogen and oxygen atoms in total. The number of alkyl halides is 1. The molecule has 1 aromatic carbocycles. The predicted molar refractivity (Wildman–Crippen MR) is 125 cm³/mol. The number of thiophene rings is 1. The van der Waals surface area contributed by atoms with Gasteiger partial charge in [-0.2, -0.15) is 11.3 Å². The number of pyridine rings is 1. The summed E-state index contributed by atoms with van der Waals surface area (Å²) in [4.78, 5) is 5.11. The fraction of sp³-hybridized carbons (Fsp3) is 0.444. The van der Waals surface area contributed by atoms with Crippen LogP contribution >= 0.6 is 11.3 Å². The fourth-order valence-corrected chi connectivity index (χ4v) is 6.26. The van der Waals surface area contributed by atoms with Crippen molar-refractivity contribution in [1.29, 1.82) is 0 Å². The number of fused-ring (bicyclic) bond motifs is 1. The average molecular weight is 454 g/mol. The Bertz CT molecular complexity index is 1100. The second kappa shape index (κ2) is 8.35. The van der Waals surface area contributed by atoms with Gasteiger partial charge < -0.3 is 5.11 Å². The van der Waals surface area contributed by atoms with E-state index in [0.29, 0.717) is 17.5 Å². The third-order valence-corrected chi connectivity index (χ3v) is 7.76. The van der Waals surface area contributed by atoms with Gasteiger partial charge in [0.25, 0.3) is 0 Å². The fourth-order valence-electron chi connectivity index (χ4n) is 5.61. The van der Waals surface area contributed by atoms with E-state index >= 15 is 4.39 Å². The Morgan fingerprint density at radius 3 is 2.50 bits per heavy atom. The molecule has 0 radical (unpaired) electrons. The molecule has 0 saturated heterocycles. The maximum Gasteiger partial charge on any atom is 0.153 e. The van der Waals surface area contributed by atoms with E-state index in [0.717, 1.165) is 60.2 Å². The van der Waals surface area contributed by atoms with Crippen LogP contribution in [0.4, 0.5) is 8.78 Å². The summed E-state index contributed by atoms with van der Waals surface area (Å²) in [5.74, 6) is -0.162. The lowest BCUT2D eigenvalue weighted by Crippen LogP contribution is -2.29. The number of hydrogen-bond acceptors (Lipinski definition) is 3. The van der Waals surface area contributed by atoms with Gasteiger partial charge in [0, 0.05) is 22.7 Å². The molecule has 0 aliphatic heterocycles. The molecule has 168 valence electrons. The Balaban J connectivity index is 1.80. The first-order chi connectivity index (χ1) is 15.3. The van der Waals surface area contributed by atoms with Crippen LogP contribution in [0.1, 0.15) is 92.2 Å². The van der Waals surface area contributed by atoms with E-state index in [1.165, 1.54) is 24.3 Å². The highest BCUT2D eigenvalue weighted by Gasteiger charge is 2.39. The standard InChI is InChI=1S/C27H29F2NOS/c1-27(2)13-20-23(21(31)14-27)22(18-11-12-32-15-18)24(26(30-20)17-5-3-4-6-17)25(29)16-7-9-19(28)10-8-16/h7-12,15,17,21,25,31H,3-6,13-14H2,1-2H3. The van der Waals surface area contributed by atoms with Crippen LogP contribution < -0.4 is 0 Å². The molecule has 0 amide bonds. The number of halogens is 2. The highest BCUT2D eigenvalue weighted by atomic mass is 32.1. The molecule has 3 aromatic rings.